The van der Waals surface area contributed by atoms with E-state index in [4.69, 9.17) is 4.74 Å². The molecule has 1 aromatic heterocycles. The molecule has 0 spiro atoms. The molecule has 1 rings (SSSR count). The van der Waals surface area contributed by atoms with Crippen molar-refractivity contribution in [2.24, 2.45) is 0 Å². The Bertz CT molecular complexity index is 296. The van der Waals surface area contributed by atoms with Crippen LogP contribution in [0, 0.1) is 0 Å². The number of ether oxygens (including phenoxy) is 1. The number of thiophene rings is 1. The van der Waals surface area contributed by atoms with Gasteiger partial charge in [0.1, 0.15) is 10.6 Å². The van der Waals surface area contributed by atoms with Crippen LogP contribution in [0.25, 0.3) is 0 Å². The minimum atomic E-state index is -0.0972. The Labute approximate surface area is 90.0 Å². The molecular formula is C9H11BrO2S. The van der Waals surface area contributed by atoms with Crippen molar-refractivity contribution in [3.63, 3.8) is 0 Å². The highest BCUT2D eigenvalue weighted by molar-refractivity contribution is 9.10. The molecule has 1 heterocycles. The van der Waals surface area contributed by atoms with Gasteiger partial charge in [0.05, 0.1) is 11.9 Å². The minimum absolute atomic E-state index is 0.0972. The second kappa shape index (κ2) is 4.77. The third-order valence-corrected chi connectivity index (χ3v) is 3.69. The van der Waals surface area contributed by atoms with Crippen LogP contribution < -0.4 is 4.74 Å². The second-order valence-corrected chi connectivity index (χ2v) is 4.58. The Morgan fingerprint density at radius 3 is 3.00 bits per heavy atom. The predicted octanol–water partition coefficient (Wildman–Crippen LogP) is 3.11. The number of methoxy groups -OCH3 is 1. The van der Waals surface area contributed by atoms with Crippen molar-refractivity contribution < 1.29 is 9.53 Å². The molecular weight excluding hydrogens is 252 g/mol. The molecule has 1 aromatic rings. The average Bonchev–Trinajstić information content (AvgIpc) is 2.62. The summed E-state index contributed by atoms with van der Waals surface area (Å²) in [4.78, 5) is 12.3. The van der Waals surface area contributed by atoms with Crippen molar-refractivity contribution in [2.75, 3.05) is 7.11 Å². The van der Waals surface area contributed by atoms with Crippen LogP contribution in [0.4, 0.5) is 0 Å². The first-order valence-electron chi connectivity index (χ1n) is 4.00. The van der Waals surface area contributed by atoms with Gasteiger partial charge >= 0.3 is 0 Å². The fourth-order valence-electron chi connectivity index (χ4n) is 0.966. The van der Waals surface area contributed by atoms with Gasteiger partial charge in [0, 0.05) is 0 Å². The summed E-state index contributed by atoms with van der Waals surface area (Å²) in [7, 11) is 1.58. The minimum Gasteiger partial charge on any atom is -0.495 e. The summed E-state index contributed by atoms with van der Waals surface area (Å²) in [6.07, 6.45) is 0.792. The van der Waals surface area contributed by atoms with E-state index < -0.39 is 0 Å². The van der Waals surface area contributed by atoms with E-state index in [-0.39, 0.29) is 10.6 Å². The number of carbonyl (C=O) groups is 1. The largest absolute Gasteiger partial charge is 0.495 e. The Hall–Kier alpha value is -0.350. The number of ketones is 1. The van der Waals surface area contributed by atoms with E-state index in [1.54, 1.807) is 7.11 Å². The van der Waals surface area contributed by atoms with Gasteiger partial charge in [0.25, 0.3) is 0 Å². The van der Waals surface area contributed by atoms with E-state index in [0.717, 1.165) is 6.42 Å². The van der Waals surface area contributed by atoms with Gasteiger partial charge in [-0.05, 0) is 17.9 Å². The molecule has 0 aliphatic heterocycles. The molecule has 4 heteroatoms. The fourth-order valence-corrected chi connectivity index (χ4v) is 2.20. The van der Waals surface area contributed by atoms with Crippen LogP contribution >= 0.6 is 27.3 Å². The third-order valence-electron chi connectivity index (χ3n) is 1.72. The summed E-state index contributed by atoms with van der Waals surface area (Å²) >= 11 is 4.75. The van der Waals surface area contributed by atoms with Crippen molar-refractivity contribution >= 4 is 33.0 Å². The molecule has 72 valence electrons. The molecule has 13 heavy (non-hydrogen) atoms. The Balaban J connectivity index is 2.88. The number of rotatable bonds is 4. The molecule has 0 radical (unpaired) electrons. The summed E-state index contributed by atoms with van der Waals surface area (Å²) in [6.45, 7) is 1.97. The van der Waals surface area contributed by atoms with Gasteiger partial charge in [-0.3, -0.25) is 4.79 Å². The molecule has 0 N–H and O–H groups in total. The van der Waals surface area contributed by atoms with E-state index in [0.29, 0.717) is 10.6 Å². The first-order valence-corrected chi connectivity index (χ1v) is 5.80. The molecule has 0 aliphatic carbocycles. The normalized spacial score (nSPS) is 12.5. The zero-order valence-corrected chi connectivity index (χ0v) is 9.94. The number of Topliss-reactive ketones (excluding diaryl/α,β-unsaturated/α-hetero) is 1. The maximum Gasteiger partial charge on any atom is 0.190 e. The molecule has 0 aromatic carbocycles. The summed E-state index contributed by atoms with van der Waals surface area (Å²) in [6, 6.07) is 1.81. The zero-order chi connectivity index (χ0) is 9.84. The SMILES string of the molecule is CCC(Br)C(=O)c1sccc1OC. The topological polar surface area (TPSA) is 26.3 Å². The summed E-state index contributed by atoms with van der Waals surface area (Å²) in [5, 5.41) is 1.86. The van der Waals surface area contributed by atoms with Gasteiger partial charge in [-0.1, -0.05) is 22.9 Å². The first-order chi connectivity index (χ1) is 6.20. The van der Waals surface area contributed by atoms with E-state index >= 15 is 0 Å². The van der Waals surface area contributed by atoms with E-state index in [9.17, 15) is 4.79 Å². The van der Waals surface area contributed by atoms with Crippen LogP contribution in [-0.2, 0) is 0 Å². The molecule has 1 unspecified atom stereocenters. The van der Waals surface area contributed by atoms with Crippen LogP contribution in [-0.4, -0.2) is 17.7 Å². The molecule has 0 fully saturated rings. The maximum absolute atomic E-state index is 11.7. The number of hydrogen-bond donors (Lipinski definition) is 0. The van der Waals surface area contributed by atoms with Crippen LogP contribution in [0.1, 0.15) is 23.0 Å². The van der Waals surface area contributed by atoms with Crippen LogP contribution in [0.2, 0.25) is 0 Å². The van der Waals surface area contributed by atoms with Crippen molar-refractivity contribution in [1.29, 1.82) is 0 Å². The quantitative estimate of drug-likeness (QED) is 0.616. The van der Waals surface area contributed by atoms with Gasteiger partial charge in [-0.25, -0.2) is 0 Å². The first kappa shape index (κ1) is 10.7. The maximum atomic E-state index is 11.7. The lowest BCUT2D eigenvalue weighted by molar-refractivity contribution is 0.0991. The third kappa shape index (κ3) is 2.31. The van der Waals surface area contributed by atoms with Gasteiger partial charge in [0.2, 0.25) is 0 Å². The highest BCUT2D eigenvalue weighted by Gasteiger charge is 2.19. The molecule has 0 saturated carbocycles. The Morgan fingerprint density at radius 2 is 2.46 bits per heavy atom. The monoisotopic (exact) mass is 262 g/mol. The molecule has 0 saturated heterocycles. The van der Waals surface area contributed by atoms with Crippen LogP contribution in [0.3, 0.4) is 0 Å². The molecule has 2 nitrogen and oxygen atoms in total. The highest BCUT2D eigenvalue weighted by atomic mass is 79.9. The average molecular weight is 263 g/mol. The number of alkyl halides is 1. The summed E-state index contributed by atoms with van der Waals surface area (Å²) in [5.41, 5.74) is 0. The zero-order valence-electron chi connectivity index (χ0n) is 7.54. The van der Waals surface area contributed by atoms with Crippen molar-refractivity contribution in [1.82, 2.24) is 0 Å². The summed E-state index contributed by atoms with van der Waals surface area (Å²) in [5.74, 6) is 0.780. The number of hydrogen-bond acceptors (Lipinski definition) is 3. The van der Waals surface area contributed by atoms with Gasteiger partial charge < -0.3 is 4.74 Å². The van der Waals surface area contributed by atoms with E-state index in [1.807, 2.05) is 18.4 Å². The van der Waals surface area contributed by atoms with Gasteiger partial charge in [-0.2, -0.15) is 0 Å². The fraction of sp³-hybridized carbons (Fsp3) is 0.444. The van der Waals surface area contributed by atoms with Crippen molar-refractivity contribution in [2.45, 2.75) is 18.2 Å². The van der Waals surface area contributed by atoms with E-state index in [1.165, 1.54) is 11.3 Å². The number of carbonyl (C=O) groups excluding carboxylic acids is 1. The standard InChI is InChI=1S/C9H11BrO2S/c1-3-6(10)8(11)9-7(12-2)4-5-13-9/h4-6H,3H2,1-2H3. The van der Waals surface area contributed by atoms with Crippen molar-refractivity contribution in [3.05, 3.63) is 16.3 Å². The summed E-state index contributed by atoms with van der Waals surface area (Å²) < 4.78 is 5.07. The molecule has 0 bridgehead atoms. The number of halogens is 1. The Morgan fingerprint density at radius 1 is 1.77 bits per heavy atom. The molecule has 0 amide bonds. The lowest BCUT2D eigenvalue weighted by atomic mass is 10.2. The predicted molar refractivity (Wildman–Crippen MR) is 58.2 cm³/mol. The molecule has 0 aliphatic rings. The Kier molecular flexibility index (Phi) is 3.93. The van der Waals surface area contributed by atoms with Crippen LogP contribution in [0.5, 0.6) is 5.75 Å². The van der Waals surface area contributed by atoms with E-state index in [2.05, 4.69) is 15.9 Å². The second-order valence-electron chi connectivity index (χ2n) is 2.56. The van der Waals surface area contributed by atoms with Gasteiger partial charge in [0.15, 0.2) is 5.78 Å². The smallest absolute Gasteiger partial charge is 0.190 e. The van der Waals surface area contributed by atoms with Crippen LogP contribution in [0.15, 0.2) is 11.4 Å². The van der Waals surface area contributed by atoms with Gasteiger partial charge in [-0.15, -0.1) is 11.3 Å². The lowest BCUT2D eigenvalue weighted by Gasteiger charge is -2.05. The molecule has 1 atom stereocenters. The highest BCUT2D eigenvalue weighted by Crippen LogP contribution is 2.27. The van der Waals surface area contributed by atoms with Crippen molar-refractivity contribution in [3.8, 4) is 5.75 Å². The lowest BCUT2D eigenvalue weighted by Crippen LogP contribution is -2.12.